The van der Waals surface area contributed by atoms with Crippen molar-refractivity contribution in [2.45, 2.75) is 39.8 Å². The highest BCUT2D eigenvalue weighted by molar-refractivity contribution is 6.42. The van der Waals surface area contributed by atoms with Crippen molar-refractivity contribution in [2.24, 2.45) is 0 Å². The molecule has 1 aromatic carbocycles. The molecule has 0 radical (unpaired) electrons. The first-order chi connectivity index (χ1) is 9.74. The summed E-state index contributed by atoms with van der Waals surface area (Å²) in [5.74, 6) is 0.666. The largest absolute Gasteiger partial charge is 0.306 e. The Kier molecular flexibility index (Phi) is 4.87. The van der Waals surface area contributed by atoms with Crippen molar-refractivity contribution in [1.29, 1.82) is 0 Å². The lowest BCUT2D eigenvalue weighted by Crippen LogP contribution is -2.35. The monoisotopic (exact) mass is 323 g/mol. The molecule has 2 rings (SSSR count). The Labute approximate surface area is 135 Å². The van der Waals surface area contributed by atoms with Crippen molar-refractivity contribution in [3.8, 4) is 11.4 Å². The van der Waals surface area contributed by atoms with Crippen molar-refractivity contribution >= 4 is 23.2 Å². The van der Waals surface area contributed by atoms with Crippen LogP contribution in [0.1, 0.15) is 32.2 Å². The van der Waals surface area contributed by atoms with Gasteiger partial charge in [0, 0.05) is 23.3 Å². The van der Waals surface area contributed by atoms with Crippen molar-refractivity contribution in [3.63, 3.8) is 0 Å². The number of rotatable bonds is 3. The molecule has 0 amide bonds. The first kappa shape index (κ1) is 16.2. The van der Waals surface area contributed by atoms with Gasteiger partial charge in [-0.1, -0.05) is 23.2 Å². The fourth-order valence-corrected chi connectivity index (χ4v) is 2.14. The number of benzene rings is 1. The molecule has 0 saturated heterocycles. The predicted octanol–water partition coefficient (Wildman–Crippen LogP) is 4.65. The van der Waals surface area contributed by atoms with E-state index in [9.17, 15) is 0 Å². The smallest absolute Gasteiger partial charge is 0.159 e. The molecule has 5 heteroatoms. The Morgan fingerprint density at radius 2 is 1.76 bits per heavy atom. The fraction of sp³-hybridized carbons (Fsp3) is 0.375. The minimum atomic E-state index is 0.0442. The van der Waals surface area contributed by atoms with Crippen LogP contribution in [0.2, 0.25) is 10.0 Å². The van der Waals surface area contributed by atoms with Gasteiger partial charge in [0.05, 0.1) is 15.7 Å². The van der Waals surface area contributed by atoms with Crippen LogP contribution in [0.25, 0.3) is 11.4 Å². The maximum Gasteiger partial charge on any atom is 0.159 e. The normalized spacial score (nSPS) is 11.7. The van der Waals surface area contributed by atoms with Crippen LogP contribution in [0, 0.1) is 6.92 Å². The van der Waals surface area contributed by atoms with Crippen LogP contribution in [0.15, 0.2) is 24.3 Å². The van der Waals surface area contributed by atoms with Crippen LogP contribution < -0.4 is 5.32 Å². The predicted molar refractivity (Wildman–Crippen MR) is 88.8 cm³/mol. The lowest BCUT2D eigenvalue weighted by atomic mass is 10.1. The van der Waals surface area contributed by atoms with E-state index in [1.165, 1.54) is 0 Å². The third-order valence-corrected chi connectivity index (χ3v) is 3.62. The molecule has 0 atom stereocenters. The summed E-state index contributed by atoms with van der Waals surface area (Å²) in [6.45, 7) is 9.03. The highest BCUT2D eigenvalue weighted by Crippen LogP contribution is 2.27. The molecule has 0 fully saturated rings. The maximum atomic E-state index is 6.06. The molecular formula is C16H19Cl2N3. The van der Waals surface area contributed by atoms with Crippen LogP contribution >= 0.6 is 23.2 Å². The van der Waals surface area contributed by atoms with E-state index in [4.69, 9.17) is 23.2 Å². The number of nitrogens with one attached hydrogen (secondary N) is 1. The van der Waals surface area contributed by atoms with E-state index in [0.717, 1.165) is 17.0 Å². The van der Waals surface area contributed by atoms with Crippen LogP contribution in [0.4, 0.5) is 0 Å². The lowest BCUT2D eigenvalue weighted by molar-refractivity contribution is 0.421. The van der Waals surface area contributed by atoms with Crippen LogP contribution in [-0.4, -0.2) is 15.5 Å². The van der Waals surface area contributed by atoms with Gasteiger partial charge in [-0.2, -0.15) is 0 Å². The van der Waals surface area contributed by atoms with E-state index in [-0.39, 0.29) is 5.54 Å². The molecule has 1 aromatic heterocycles. The van der Waals surface area contributed by atoms with Crippen molar-refractivity contribution < 1.29 is 0 Å². The third kappa shape index (κ3) is 4.67. The Morgan fingerprint density at radius 3 is 2.38 bits per heavy atom. The summed E-state index contributed by atoms with van der Waals surface area (Å²) in [4.78, 5) is 9.08. The summed E-state index contributed by atoms with van der Waals surface area (Å²) < 4.78 is 0. The molecule has 0 bridgehead atoms. The van der Waals surface area contributed by atoms with Crippen molar-refractivity contribution in [1.82, 2.24) is 15.3 Å². The number of nitrogens with zero attached hydrogens (tertiary/aromatic N) is 2. The third-order valence-electron chi connectivity index (χ3n) is 2.88. The Balaban J connectivity index is 2.32. The Hall–Kier alpha value is -1.16. The van der Waals surface area contributed by atoms with Crippen LogP contribution in [0.3, 0.4) is 0 Å². The molecule has 0 unspecified atom stereocenters. The second-order valence-corrected chi connectivity index (χ2v) is 6.87. The molecule has 21 heavy (non-hydrogen) atoms. The van der Waals surface area contributed by atoms with Gasteiger partial charge in [0.1, 0.15) is 0 Å². The average molecular weight is 324 g/mol. The SMILES string of the molecule is Cc1cc(CNC(C)(C)C)nc(-c2ccc(Cl)c(Cl)c2)n1. The van der Waals surface area contributed by atoms with Gasteiger partial charge >= 0.3 is 0 Å². The molecule has 0 aliphatic heterocycles. The van der Waals surface area contributed by atoms with E-state index >= 15 is 0 Å². The Bertz CT molecular complexity index is 648. The summed E-state index contributed by atoms with van der Waals surface area (Å²) in [7, 11) is 0. The molecule has 0 spiro atoms. The molecule has 1 N–H and O–H groups in total. The van der Waals surface area contributed by atoms with Gasteiger partial charge in [-0.3, -0.25) is 0 Å². The molecule has 2 aromatic rings. The molecule has 0 aliphatic carbocycles. The van der Waals surface area contributed by atoms with E-state index in [2.05, 4.69) is 36.1 Å². The number of hydrogen-bond donors (Lipinski definition) is 1. The zero-order chi connectivity index (χ0) is 15.6. The minimum Gasteiger partial charge on any atom is -0.306 e. The standard InChI is InChI=1S/C16H19Cl2N3/c1-10-7-12(9-19-16(2,3)4)21-15(20-10)11-5-6-13(17)14(18)8-11/h5-8,19H,9H2,1-4H3. The Morgan fingerprint density at radius 1 is 1.05 bits per heavy atom. The molecule has 0 saturated carbocycles. The highest BCUT2D eigenvalue weighted by Gasteiger charge is 2.11. The van der Waals surface area contributed by atoms with Crippen molar-refractivity contribution in [3.05, 3.63) is 45.7 Å². The van der Waals surface area contributed by atoms with Gasteiger partial charge in [0.2, 0.25) is 0 Å². The summed E-state index contributed by atoms with van der Waals surface area (Å²) in [5.41, 5.74) is 2.79. The van der Waals surface area contributed by atoms with E-state index < -0.39 is 0 Å². The summed E-state index contributed by atoms with van der Waals surface area (Å²) >= 11 is 12.0. The van der Waals surface area contributed by atoms with Crippen LogP contribution in [0.5, 0.6) is 0 Å². The van der Waals surface area contributed by atoms with Gasteiger partial charge in [-0.15, -0.1) is 0 Å². The topological polar surface area (TPSA) is 37.8 Å². The number of aryl methyl sites for hydroxylation is 1. The molecule has 3 nitrogen and oxygen atoms in total. The molecule has 1 heterocycles. The molecule has 112 valence electrons. The lowest BCUT2D eigenvalue weighted by Gasteiger charge is -2.20. The van der Waals surface area contributed by atoms with Gasteiger partial charge < -0.3 is 5.32 Å². The second kappa shape index (κ2) is 6.30. The van der Waals surface area contributed by atoms with Gasteiger partial charge in [-0.05, 0) is 52.0 Å². The van der Waals surface area contributed by atoms with Gasteiger partial charge in [0.15, 0.2) is 5.82 Å². The second-order valence-electron chi connectivity index (χ2n) is 6.06. The van der Waals surface area contributed by atoms with Gasteiger partial charge in [-0.25, -0.2) is 9.97 Å². The zero-order valence-electron chi connectivity index (χ0n) is 12.7. The first-order valence-corrected chi connectivity index (χ1v) is 7.55. The van der Waals surface area contributed by atoms with E-state index in [1.54, 1.807) is 12.1 Å². The quantitative estimate of drug-likeness (QED) is 0.893. The first-order valence-electron chi connectivity index (χ1n) is 6.79. The van der Waals surface area contributed by atoms with Gasteiger partial charge in [0.25, 0.3) is 0 Å². The van der Waals surface area contributed by atoms with Crippen LogP contribution in [-0.2, 0) is 6.54 Å². The summed E-state index contributed by atoms with van der Waals surface area (Å²) in [5, 5.41) is 4.47. The molecule has 0 aliphatic rings. The fourth-order valence-electron chi connectivity index (χ4n) is 1.84. The van der Waals surface area contributed by atoms with E-state index in [1.807, 2.05) is 19.1 Å². The number of aromatic nitrogens is 2. The maximum absolute atomic E-state index is 6.06. The highest BCUT2D eigenvalue weighted by atomic mass is 35.5. The number of hydrogen-bond acceptors (Lipinski definition) is 3. The minimum absolute atomic E-state index is 0.0442. The molecular weight excluding hydrogens is 305 g/mol. The summed E-state index contributed by atoms with van der Waals surface area (Å²) in [6.07, 6.45) is 0. The summed E-state index contributed by atoms with van der Waals surface area (Å²) in [6, 6.07) is 7.42. The van der Waals surface area contributed by atoms with E-state index in [0.29, 0.717) is 22.4 Å². The average Bonchev–Trinajstić information content (AvgIpc) is 2.38. The zero-order valence-corrected chi connectivity index (χ0v) is 14.2. The van der Waals surface area contributed by atoms with Crippen molar-refractivity contribution in [2.75, 3.05) is 0 Å². The number of halogens is 2.